The van der Waals surface area contributed by atoms with Crippen LogP contribution in [-0.2, 0) is 11.3 Å². The van der Waals surface area contributed by atoms with Crippen molar-refractivity contribution in [3.63, 3.8) is 0 Å². The molecule has 0 bridgehead atoms. The Bertz CT molecular complexity index is 666. The molecule has 1 aromatic rings. The number of hydrogen-bond acceptors (Lipinski definition) is 4. The minimum Gasteiger partial charge on any atom is -0.373 e. The summed E-state index contributed by atoms with van der Waals surface area (Å²) in [5, 5.41) is 3.68. The number of nitrogens with one attached hydrogen (secondary N) is 1. The number of nitrogens with zero attached hydrogens (tertiary/aromatic N) is 4. The molecule has 3 unspecified atom stereocenters. The zero-order chi connectivity index (χ0) is 20.1. The Morgan fingerprint density at radius 3 is 2.79 bits per heavy atom. The number of piperidine rings is 1. The van der Waals surface area contributed by atoms with E-state index < -0.39 is 0 Å². The largest absolute Gasteiger partial charge is 0.373 e. The predicted octanol–water partition coefficient (Wildman–Crippen LogP) is 2.02. The van der Waals surface area contributed by atoms with Crippen LogP contribution < -0.4 is 5.32 Å². The van der Waals surface area contributed by atoms with Gasteiger partial charge in [-0.1, -0.05) is 43.7 Å². The Kier molecular flexibility index (Phi) is 7.06. The SMILES string of the molecule is CCN1CCCCC1CNC(=NC)N1CC2OCCN(Cc3ccccc3)C2C1. The number of hydrogen-bond donors (Lipinski definition) is 1. The van der Waals surface area contributed by atoms with Crippen LogP contribution in [0.15, 0.2) is 35.3 Å². The molecule has 3 fully saturated rings. The molecular weight excluding hydrogens is 362 g/mol. The molecule has 29 heavy (non-hydrogen) atoms. The molecule has 0 aliphatic carbocycles. The number of rotatable bonds is 5. The van der Waals surface area contributed by atoms with Crippen LogP contribution >= 0.6 is 0 Å². The summed E-state index contributed by atoms with van der Waals surface area (Å²) in [5.41, 5.74) is 1.38. The highest BCUT2D eigenvalue weighted by Gasteiger charge is 2.41. The van der Waals surface area contributed by atoms with Crippen LogP contribution in [0.2, 0.25) is 0 Å². The van der Waals surface area contributed by atoms with Crippen LogP contribution in [0.25, 0.3) is 0 Å². The zero-order valence-corrected chi connectivity index (χ0v) is 18.1. The quantitative estimate of drug-likeness (QED) is 0.606. The highest BCUT2D eigenvalue weighted by Crippen LogP contribution is 2.25. The predicted molar refractivity (Wildman–Crippen MR) is 118 cm³/mol. The van der Waals surface area contributed by atoms with Crippen molar-refractivity contribution >= 4 is 5.96 Å². The van der Waals surface area contributed by atoms with Crippen molar-refractivity contribution in [2.45, 2.75) is 50.9 Å². The van der Waals surface area contributed by atoms with Crippen molar-refractivity contribution in [1.82, 2.24) is 20.0 Å². The van der Waals surface area contributed by atoms with Gasteiger partial charge in [-0.15, -0.1) is 0 Å². The average molecular weight is 400 g/mol. The van der Waals surface area contributed by atoms with Gasteiger partial charge in [-0.3, -0.25) is 14.8 Å². The molecule has 0 amide bonds. The van der Waals surface area contributed by atoms with Gasteiger partial charge in [-0.25, -0.2) is 0 Å². The van der Waals surface area contributed by atoms with Crippen molar-refractivity contribution in [3.05, 3.63) is 35.9 Å². The fourth-order valence-corrected chi connectivity index (χ4v) is 5.19. The van der Waals surface area contributed by atoms with Gasteiger partial charge >= 0.3 is 0 Å². The third-order valence-corrected chi connectivity index (χ3v) is 6.81. The molecule has 0 radical (unpaired) electrons. The lowest BCUT2D eigenvalue weighted by atomic mass is 10.0. The molecule has 1 N–H and O–H groups in total. The lowest BCUT2D eigenvalue weighted by Crippen LogP contribution is -2.50. The summed E-state index contributed by atoms with van der Waals surface area (Å²) < 4.78 is 6.15. The Hall–Kier alpha value is -1.63. The molecule has 6 nitrogen and oxygen atoms in total. The summed E-state index contributed by atoms with van der Waals surface area (Å²) in [7, 11) is 1.91. The minimum absolute atomic E-state index is 0.271. The molecule has 0 saturated carbocycles. The second-order valence-electron chi connectivity index (χ2n) is 8.54. The van der Waals surface area contributed by atoms with Crippen LogP contribution in [0.4, 0.5) is 0 Å². The van der Waals surface area contributed by atoms with Crippen molar-refractivity contribution in [1.29, 1.82) is 0 Å². The number of ether oxygens (including phenoxy) is 1. The van der Waals surface area contributed by atoms with E-state index in [9.17, 15) is 0 Å². The molecular formula is C23H37N5O. The van der Waals surface area contributed by atoms with Crippen LogP contribution in [-0.4, -0.2) is 91.8 Å². The summed E-state index contributed by atoms with van der Waals surface area (Å²) in [4.78, 5) is 12.2. The highest BCUT2D eigenvalue weighted by molar-refractivity contribution is 5.80. The number of guanidine groups is 1. The second-order valence-corrected chi connectivity index (χ2v) is 8.54. The summed E-state index contributed by atoms with van der Waals surface area (Å²) in [5.74, 6) is 1.03. The molecule has 160 valence electrons. The van der Waals surface area contributed by atoms with Gasteiger partial charge < -0.3 is 15.0 Å². The lowest BCUT2D eigenvalue weighted by molar-refractivity contribution is -0.0502. The van der Waals surface area contributed by atoms with Gasteiger partial charge in [0.2, 0.25) is 0 Å². The van der Waals surface area contributed by atoms with Crippen LogP contribution in [0, 0.1) is 0 Å². The normalized spacial score (nSPS) is 29.1. The summed E-state index contributed by atoms with van der Waals surface area (Å²) >= 11 is 0. The maximum atomic E-state index is 6.15. The summed E-state index contributed by atoms with van der Waals surface area (Å²) in [6, 6.07) is 11.9. The van der Waals surface area contributed by atoms with Crippen LogP contribution in [0.3, 0.4) is 0 Å². The smallest absolute Gasteiger partial charge is 0.193 e. The molecule has 6 heteroatoms. The first-order valence-corrected chi connectivity index (χ1v) is 11.4. The van der Waals surface area contributed by atoms with E-state index in [1.165, 1.54) is 31.4 Å². The van der Waals surface area contributed by atoms with E-state index in [-0.39, 0.29) is 6.10 Å². The second kappa shape index (κ2) is 9.92. The summed E-state index contributed by atoms with van der Waals surface area (Å²) in [6.45, 7) is 10.4. The van der Waals surface area contributed by atoms with Crippen molar-refractivity contribution in [3.8, 4) is 0 Å². The van der Waals surface area contributed by atoms with Gasteiger partial charge in [0.1, 0.15) is 0 Å². The first-order chi connectivity index (χ1) is 14.3. The molecule has 4 rings (SSSR count). The van der Waals surface area contributed by atoms with E-state index in [1.807, 2.05) is 7.05 Å². The Balaban J connectivity index is 1.35. The fourth-order valence-electron chi connectivity index (χ4n) is 5.19. The van der Waals surface area contributed by atoms with Gasteiger partial charge in [0.05, 0.1) is 18.8 Å². The van der Waals surface area contributed by atoms with E-state index in [1.54, 1.807) is 0 Å². The fraction of sp³-hybridized carbons (Fsp3) is 0.696. The number of aliphatic imine (C=N–C) groups is 1. The third-order valence-electron chi connectivity index (χ3n) is 6.81. The number of likely N-dealkylation sites (tertiary alicyclic amines) is 2. The average Bonchev–Trinajstić information content (AvgIpc) is 3.20. The number of morpholine rings is 1. The number of fused-ring (bicyclic) bond motifs is 1. The standard InChI is InChI=1S/C23H37N5O/c1-3-26-12-8-7-11-20(26)15-25-23(24-2)28-17-21-22(18-28)29-14-13-27(21)16-19-9-5-4-6-10-19/h4-6,9-10,20-22H,3,7-8,11-18H2,1-2H3,(H,24,25). The van der Waals surface area contributed by atoms with Gasteiger partial charge in [0.15, 0.2) is 5.96 Å². The maximum Gasteiger partial charge on any atom is 0.193 e. The first kappa shape index (κ1) is 20.6. The zero-order valence-electron chi connectivity index (χ0n) is 18.1. The molecule has 3 aliphatic heterocycles. The van der Waals surface area contributed by atoms with Crippen molar-refractivity contribution in [2.24, 2.45) is 4.99 Å². The van der Waals surface area contributed by atoms with E-state index in [2.05, 4.69) is 62.3 Å². The number of benzene rings is 1. The van der Waals surface area contributed by atoms with Crippen molar-refractivity contribution < 1.29 is 4.74 Å². The van der Waals surface area contributed by atoms with E-state index in [4.69, 9.17) is 4.74 Å². The Morgan fingerprint density at radius 2 is 2.00 bits per heavy atom. The Labute approximate surface area is 175 Å². The van der Waals surface area contributed by atoms with Crippen LogP contribution in [0.1, 0.15) is 31.7 Å². The third kappa shape index (κ3) is 4.93. The molecule has 1 aromatic carbocycles. The number of likely N-dealkylation sites (N-methyl/N-ethyl adjacent to an activating group) is 1. The molecule has 0 spiro atoms. The Morgan fingerprint density at radius 1 is 1.14 bits per heavy atom. The molecule has 0 aromatic heterocycles. The van der Waals surface area contributed by atoms with E-state index in [0.717, 1.165) is 51.8 Å². The highest BCUT2D eigenvalue weighted by atomic mass is 16.5. The maximum absolute atomic E-state index is 6.15. The van der Waals surface area contributed by atoms with Crippen molar-refractivity contribution in [2.75, 3.05) is 52.9 Å². The van der Waals surface area contributed by atoms with E-state index >= 15 is 0 Å². The molecule has 3 heterocycles. The van der Waals surface area contributed by atoms with E-state index in [0.29, 0.717) is 12.1 Å². The van der Waals surface area contributed by atoms with Gasteiger partial charge in [-0.2, -0.15) is 0 Å². The van der Waals surface area contributed by atoms with Crippen LogP contribution in [0.5, 0.6) is 0 Å². The minimum atomic E-state index is 0.271. The summed E-state index contributed by atoms with van der Waals surface area (Å²) in [6.07, 6.45) is 4.24. The monoisotopic (exact) mass is 399 g/mol. The molecule has 3 atom stereocenters. The van der Waals surface area contributed by atoms with Gasteiger partial charge in [-0.05, 0) is 31.5 Å². The topological polar surface area (TPSA) is 43.3 Å². The van der Waals surface area contributed by atoms with Gasteiger partial charge in [0.25, 0.3) is 0 Å². The molecule has 3 aliphatic rings. The molecule has 3 saturated heterocycles. The van der Waals surface area contributed by atoms with Gasteiger partial charge in [0, 0.05) is 45.8 Å². The lowest BCUT2D eigenvalue weighted by Gasteiger charge is -2.36. The first-order valence-electron chi connectivity index (χ1n) is 11.4.